The maximum absolute atomic E-state index is 11.6. The van der Waals surface area contributed by atoms with Gasteiger partial charge in [0.1, 0.15) is 5.75 Å². The Morgan fingerprint density at radius 1 is 1.10 bits per heavy atom. The van der Waals surface area contributed by atoms with Crippen molar-refractivity contribution >= 4 is 17.4 Å². The Kier molecular flexibility index (Phi) is 3.33. The summed E-state index contributed by atoms with van der Waals surface area (Å²) in [5, 5.41) is 0.699. The Hall–Kier alpha value is -2.06. The summed E-state index contributed by atoms with van der Waals surface area (Å²) in [6, 6.07) is 15.4. The molecule has 0 bridgehead atoms. The quantitative estimate of drug-likeness (QED) is 0.820. The van der Waals surface area contributed by atoms with Gasteiger partial charge in [-0.3, -0.25) is 4.79 Å². The van der Waals surface area contributed by atoms with E-state index in [1.54, 1.807) is 0 Å². The second kappa shape index (κ2) is 5.14. The van der Waals surface area contributed by atoms with Gasteiger partial charge in [0.25, 0.3) is 0 Å². The summed E-state index contributed by atoms with van der Waals surface area (Å²) in [4.78, 5) is 11.6. The van der Waals surface area contributed by atoms with Crippen LogP contribution in [-0.4, -0.2) is 5.78 Å². The molecule has 0 aliphatic carbocycles. The molecule has 1 aliphatic heterocycles. The lowest BCUT2D eigenvalue weighted by Gasteiger charge is -2.24. The topological polar surface area (TPSA) is 26.3 Å². The highest BCUT2D eigenvalue weighted by Crippen LogP contribution is 2.38. The highest BCUT2D eigenvalue weighted by molar-refractivity contribution is 6.30. The third-order valence-corrected chi connectivity index (χ3v) is 3.62. The van der Waals surface area contributed by atoms with Gasteiger partial charge in [-0.1, -0.05) is 41.9 Å². The maximum atomic E-state index is 11.6. The van der Waals surface area contributed by atoms with Crippen LogP contribution >= 0.6 is 11.6 Å². The zero-order valence-electron chi connectivity index (χ0n) is 11.0. The number of Topliss-reactive ketones (excluding diaryl/α,β-unsaturated/α-hetero) is 1. The van der Waals surface area contributed by atoms with Gasteiger partial charge in [-0.05, 0) is 29.8 Å². The standard InChI is InChI=1S/C17H13ClO2/c1-11(19)17-10-15(12-6-8-13(18)9-7-12)14-4-2-3-5-16(14)20-17/h2-10,15H,1H3. The lowest BCUT2D eigenvalue weighted by atomic mass is 9.88. The van der Waals surface area contributed by atoms with Gasteiger partial charge in [-0.15, -0.1) is 0 Å². The van der Waals surface area contributed by atoms with Gasteiger partial charge in [-0.2, -0.15) is 0 Å². The fraction of sp³-hybridized carbons (Fsp3) is 0.118. The average molecular weight is 285 g/mol. The van der Waals surface area contributed by atoms with Crippen LogP contribution in [0.3, 0.4) is 0 Å². The van der Waals surface area contributed by atoms with Gasteiger partial charge >= 0.3 is 0 Å². The first-order valence-corrected chi connectivity index (χ1v) is 6.78. The Balaban J connectivity index is 2.12. The molecule has 3 heteroatoms. The summed E-state index contributed by atoms with van der Waals surface area (Å²) >= 11 is 5.94. The first-order valence-electron chi connectivity index (χ1n) is 6.40. The van der Waals surface area contributed by atoms with E-state index in [9.17, 15) is 4.79 Å². The normalized spacial score (nSPS) is 16.9. The molecule has 0 amide bonds. The molecule has 0 saturated carbocycles. The molecule has 3 rings (SSSR count). The molecule has 0 fully saturated rings. The number of hydrogen-bond donors (Lipinski definition) is 0. The lowest BCUT2D eigenvalue weighted by Crippen LogP contribution is -2.15. The minimum atomic E-state index is -0.0709. The monoisotopic (exact) mass is 284 g/mol. The van der Waals surface area contributed by atoms with E-state index in [2.05, 4.69) is 0 Å². The maximum Gasteiger partial charge on any atom is 0.194 e. The molecule has 0 aromatic heterocycles. The molecule has 0 saturated heterocycles. The van der Waals surface area contributed by atoms with Crippen molar-refractivity contribution in [1.82, 2.24) is 0 Å². The minimum Gasteiger partial charge on any atom is -0.454 e. The van der Waals surface area contributed by atoms with E-state index in [0.717, 1.165) is 16.9 Å². The van der Waals surface area contributed by atoms with E-state index in [4.69, 9.17) is 16.3 Å². The van der Waals surface area contributed by atoms with Gasteiger partial charge in [0.2, 0.25) is 0 Å². The summed E-state index contributed by atoms with van der Waals surface area (Å²) < 4.78 is 5.65. The Bertz CT molecular complexity index is 686. The zero-order chi connectivity index (χ0) is 14.1. The number of carbonyl (C=O) groups is 1. The van der Waals surface area contributed by atoms with Crippen LogP contribution in [-0.2, 0) is 4.79 Å². The van der Waals surface area contributed by atoms with Crippen LogP contribution < -0.4 is 4.74 Å². The van der Waals surface area contributed by atoms with Gasteiger partial charge < -0.3 is 4.74 Å². The number of ether oxygens (including phenoxy) is 1. The van der Waals surface area contributed by atoms with Crippen molar-refractivity contribution in [3.63, 3.8) is 0 Å². The van der Waals surface area contributed by atoms with Crippen molar-refractivity contribution < 1.29 is 9.53 Å². The number of benzene rings is 2. The van der Waals surface area contributed by atoms with E-state index in [1.807, 2.05) is 54.6 Å². The molecule has 1 aliphatic rings. The molecule has 2 nitrogen and oxygen atoms in total. The highest BCUT2D eigenvalue weighted by Gasteiger charge is 2.24. The van der Waals surface area contributed by atoms with Gasteiger partial charge in [0.15, 0.2) is 11.5 Å². The van der Waals surface area contributed by atoms with Crippen LogP contribution in [0.4, 0.5) is 0 Å². The minimum absolute atomic E-state index is 0.0103. The first kappa shape index (κ1) is 12.9. The molecule has 0 spiro atoms. The molecular formula is C17H13ClO2. The van der Waals surface area contributed by atoms with Crippen LogP contribution in [0.15, 0.2) is 60.4 Å². The van der Waals surface area contributed by atoms with Crippen molar-refractivity contribution in [1.29, 1.82) is 0 Å². The van der Waals surface area contributed by atoms with E-state index in [1.165, 1.54) is 6.92 Å². The van der Waals surface area contributed by atoms with Crippen LogP contribution in [0.1, 0.15) is 24.0 Å². The smallest absolute Gasteiger partial charge is 0.194 e. The predicted octanol–water partition coefficient (Wildman–Crippen LogP) is 4.34. The fourth-order valence-electron chi connectivity index (χ4n) is 2.36. The van der Waals surface area contributed by atoms with Crippen molar-refractivity contribution in [2.75, 3.05) is 0 Å². The fourth-order valence-corrected chi connectivity index (χ4v) is 2.49. The van der Waals surface area contributed by atoms with Gasteiger partial charge in [0, 0.05) is 23.4 Å². The average Bonchev–Trinajstić information content (AvgIpc) is 2.47. The number of rotatable bonds is 2. The van der Waals surface area contributed by atoms with E-state index < -0.39 is 0 Å². The number of carbonyl (C=O) groups excluding carboxylic acids is 1. The second-order valence-electron chi connectivity index (χ2n) is 4.76. The van der Waals surface area contributed by atoms with Crippen molar-refractivity contribution in [3.05, 3.63) is 76.5 Å². The highest BCUT2D eigenvalue weighted by atomic mass is 35.5. The predicted molar refractivity (Wildman–Crippen MR) is 79.1 cm³/mol. The third kappa shape index (κ3) is 2.35. The molecule has 0 N–H and O–H groups in total. The van der Waals surface area contributed by atoms with Crippen LogP contribution in [0.2, 0.25) is 5.02 Å². The molecule has 1 heterocycles. The second-order valence-corrected chi connectivity index (χ2v) is 5.19. The Morgan fingerprint density at radius 2 is 1.80 bits per heavy atom. The molecular weight excluding hydrogens is 272 g/mol. The molecule has 0 radical (unpaired) electrons. The van der Waals surface area contributed by atoms with E-state index in [0.29, 0.717) is 10.8 Å². The number of allylic oxidation sites excluding steroid dienone is 2. The van der Waals surface area contributed by atoms with Gasteiger partial charge in [0.05, 0.1) is 0 Å². The van der Waals surface area contributed by atoms with Crippen LogP contribution in [0.25, 0.3) is 0 Å². The summed E-state index contributed by atoms with van der Waals surface area (Å²) in [7, 11) is 0. The van der Waals surface area contributed by atoms with Crippen molar-refractivity contribution in [3.8, 4) is 5.75 Å². The Labute approximate surface area is 122 Å². The number of fused-ring (bicyclic) bond motifs is 1. The number of halogens is 1. The summed E-state index contributed by atoms with van der Waals surface area (Å²) in [6.45, 7) is 1.51. The number of ketones is 1. The van der Waals surface area contributed by atoms with E-state index >= 15 is 0 Å². The molecule has 20 heavy (non-hydrogen) atoms. The summed E-state index contributed by atoms with van der Waals surface area (Å²) in [5.74, 6) is 1.07. The lowest BCUT2D eigenvalue weighted by molar-refractivity contribution is -0.115. The molecule has 2 aromatic rings. The van der Waals surface area contributed by atoms with E-state index in [-0.39, 0.29) is 11.7 Å². The Morgan fingerprint density at radius 3 is 2.50 bits per heavy atom. The molecule has 1 unspecified atom stereocenters. The molecule has 1 atom stereocenters. The van der Waals surface area contributed by atoms with Crippen LogP contribution in [0, 0.1) is 0 Å². The van der Waals surface area contributed by atoms with Crippen molar-refractivity contribution in [2.45, 2.75) is 12.8 Å². The number of para-hydroxylation sites is 1. The molecule has 2 aromatic carbocycles. The van der Waals surface area contributed by atoms with Gasteiger partial charge in [-0.25, -0.2) is 0 Å². The SMILES string of the molecule is CC(=O)C1=CC(c2ccc(Cl)cc2)c2ccccc2O1. The number of hydrogen-bond acceptors (Lipinski definition) is 2. The first-order chi connectivity index (χ1) is 9.65. The zero-order valence-corrected chi connectivity index (χ0v) is 11.7. The largest absolute Gasteiger partial charge is 0.454 e. The summed E-state index contributed by atoms with van der Waals surface area (Å²) in [6.07, 6.45) is 1.87. The van der Waals surface area contributed by atoms with Crippen LogP contribution in [0.5, 0.6) is 5.75 Å². The summed E-state index contributed by atoms with van der Waals surface area (Å²) in [5.41, 5.74) is 2.14. The third-order valence-electron chi connectivity index (χ3n) is 3.37. The molecule has 100 valence electrons. The van der Waals surface area contributed by atoms with Crippen molar-refractivity contribution in [2.24, 2.45) is 0 Å².